The van der Waals surface area contributed by atoms with Crippen LogP contribution >= 0.6 is 0 Å². The van der Waals surface area contributed by atoms with Crippen LogP contribution in [0.5, 0.6) is 0 Å². The Hall–Kier alpha value is -3.10. The topological polar surface area (TPSA) is 56.3 Å². The van der Waals surface area contributed by atoms with Crippen LogP contribution in [-0.4, -0.2) is 30.3 Å². The highest BCUT2D eigenvalue weighted by atomic mass is 16.5. The second-order valence-corrected chi connectivity index (χ2v) is 5.11. The van der Waals surface area contributed by atoms with Crippen molar-refractivity contribution in [3.05, 3.63) is 59.1 Å². The number of benzene rings is 1. The summed E-state index contributed by atoms with van der Waals surface area (Å²) in [5.41, 5.74) is 1.66. The van der Waals surface area contributed by atoms with Gasteiger partial charge in [-0.1, -0.05) is 24.6 Å². The molecule has 0 amide bonds. The minimum Gasteiger partial charge on any atom is -0.492 e. The molecule has 0 unspecified atom stereocenters. The summed E-state index contributed by atoms with van der Waals surface area (Å²) in [6, 6.07) is 7.58. The molecule has 0 fully saturated rings. The standard InChI is InChI=1S/C20H21N3O2/c1-5-16-8-7-9-17(13-16)23-20-18(6-2)19(21-14-22-20)12-15(3)25-11-10-24-4/h1,6-9,12-14H,3,10-11H2,2,4H3,(H,21,22,23)/b18-6+,19-12+. The van der Waals surface area contributed by atoms with Crippen LogP contribution in [0.25, 0.3) is 12.2 Å². The summed E-state index contributed by atoms with van der Waals surface area (Å²) < 4.78 is 10.4. The van der Waals surface area contributed by atoms with Gasteiger partial charge in [-0.25, -0.2) is 9.97 Å². The Labute approximate surface area is 147 Å². The predicted molar refractivity (Wildman–Crippen MR) is 101 cm³/mol. The van der Waals surface area contributed by atoms with E-state index >= 15 is 0 Å². The van der Waals surface area contributed by atoms with Crippen molar-refractivity contribution >= 4 is 23.7 Å². The fraction of sp³-hybridized carbons (Fsp3) is 0.200. The van der Waals surface area contributed by atoms with Gasteiger partial charge >= 0.3 is 0 Å². The maximum absolute atomic E-state index is 5.48. The zero-order valence-corrected chi connectivity index (χ0v) is 14.5. The first-order valence-corrected chi connectivity index (χ1v) is 7.81. The first-order valence-electron chi connectivity index (χ1n) is 7.81. The molecule has 0 aliphatic rings. The molecule has 1 aromatic heterocycles. The molecule has 2 rings (SSSR count). The van der Waals surface area contributed by atoms with E-state index in [-0.39, 0.29) is 0 Å². The van der Waals surface area contributed by atoms with Crippen molar-refractivity contribution in [1.29, 1.82) is 0 Å². The van der Waals surface area contributed by atoms with Gasteiger partial charge in [-0.15, -0.1) is 6.42 Å². The molecule has 0 spiro atoms. The maximum Gasteiger partial charge on any atom is 0.141 e. The SMILES string of the molecule is C#Cc1cccc(Nc2ncnc(=C/C(=C)OCCOC)/c2=C\C)c1. The number of nitrogens with zero attached hydrogens (tertiary/aromatic N) is 2. The lowest BCUT2D eigenvalue weighted by molar-refractivity contribution is 0.117. The third-order valence-corrected chi connectivity index (χ3v) is 3.37. The number of anilines is 2. The van der Waals surface area contributed by atoms with Crippen LogP contribution in [-0.2, 0) is 9.47 Å². The lowest BCUT2D eigenvalue weighted by Crippen LogP contribution is -2.31. The monoisotopic (exact) mass is 335 g/mol. The van der Waals surface area contributed by atoms with Gasteiger partial charge < -0.3 is 14.8 Å². The quantitative estimate of drug-likeness (QED) is 0.476. The fourth-order valence-electron chi connectivity index (χ4n) is 2.18. The number of ether oxygens (including phenoxy) is 2. The van der Waals surface area contributed by atoms with E-state index < -0.39 is 0 Å². The number of rotatable bonds is 7. The summed E-state index contributed by atoms with van der Waals surface area (Å²) >= 11 is 0. The van der Waals surface area contributed by atoms with Crippen LogP contribution in [0.1, 0.15) is 12.5 Å². The van der Waals surface area contributed by atoms with E-state index in [2.05, 4.69) is 27.8 Å². The Bertz CT molecular complexity index is 898. The molecule has 1 N–H and O–H groups in total. The van der Waals surface area contributed by atoms with Crippen molar-refractivity contribution < 1.29 is 9.47 Å². The van der Waals surface area contributed by atoms with Gasteiger partial charge in [0.25, 0.3) is 0 Å². The third-order valence-electron chi connectivity index (χ3n) is 3.37. The highest BCUT2D eigenvalue weighted by Crippen LogP contribution is 2.12. The molecule has 0 radical (unpaired) electrons. The second kappa shape index (κ2) is 9.26. The van der Waals surface area contributed by atoms with Crippen LogP contribution in [0.4, 0.5) is 11.5 Å². The highest BCUT2D eigenvalue weighted by molar-refractivity contribution is 5.60. The maximum atomic E-state index is 5.48. The number of nitrogens with one attached hydrogen (secondary N) is 1. The Kier molecular flexibility index (Phi) is 6.76. The third kappa shape index (κ3) is 5.20. The largest absolute Gasteiger partial charge is 0.492 e. The molecule has 0 saturated heterocycles. The van der Waals surface area contributed by atoms with Crippen molar-refractivity contribution in [2.75, 3.05) is 25.6 Å². The fourth-order valence-corrected chi connectivity index (χ4v) is 2.18. The molecule has 25 heavy (non-hydrogen) atoms. The molecule has 0 aliphatic heterocycles. The minimum absolute atomic E-state index is 0.437. The first kappa shape index (κ1) is 18.2. The van der Waals surface area contributed by atoms with E-state index in [1.807, 2.05) is 37.3 Å². The molecule has 0 saturated carbocycles. The minimum atomic E-state index is 0.437. The number of methoxy groups -OCH3 is 1. The van der Waals surface area contributed by atoms with Crippen LogP contribution < -0.4 is 15.9 Å². The smallest absolute Gasteiger partial charge is 0.141 e. The molecular formula is C20H21N3O2. The van der Waals surface area contributed by atoms with Crippen molar-refractivity contribution in [2.45, 2.75) is 6.92 Å². The van der Waals surface area contributed by atoms with Gasteiger partial charge in [0.05, 0.1) is 12.0 Å². The van der Waals surface area contributed by atoms with E-state index in [9.17, 15) is 0 Å². The molecule has 128 valence electrons. The van der Waals surface area contributed by atoms with Gasteiger partial charge in [0.15, 0.2) is 0 Å². The normalized spacial score (nSPS) is 11.9. The highest BCUT2D eigenvalue weighted by Gasteiger charge is 2.02. The van der Waals surface area contributed by atoms with Gasteiger partial charge in [-0.2, -0.15) is 0 Å². The number of aromatic nitrogens is 2. The first-order chi connectivity index (χ1) is 12.2. The summed E-state index contributed by atoms with van der Waals surface area (Å²) in [5.74, 6) is 3.81. The van der Waals surface area contributed by atoms with Crippen molar-refractivity contribution in [3.8, 4) is 12.3 Å². The molecule has 0 aliphatic carbocycles. The van der Waals surface area contributed by atoms with Gasteiger partial charge in [0.2, 0.25) is 0 Å². The number of terminal acetylenes is 1. The Morgan fingerprint density at radius 1 is 1.36 bits per heavy atom. The van der Waals surface area contributed by atoms with E-state index in [4.69, 9.17) is 15.9 Å². The summed E-state index contributed by atoms with van der Waals surface area (Å²) in [6.07, 6.45) is 10.7. The lowest BCUT2D eigenvalue weighted by atomic mass is 10.2. The van der Waals surface area contributed by atoms with E-state index in [1.165, 1.54) is 6.33 Å². The molecule has 5 heteroatoms. The molecule has 0 bridgehead atoms. The van der Waals surface area contributed by atoms with Crippen molar-refractivity contribution in [1.82, 2.24) is 9.97 Å². The van der Waals surface area contributed by atoms with E-state index in [0.717, 1.165) is 21.8 Å². The Balaban J connectivity index is 2.32. The number of allylic oxidation sites excluding steroid dienone is 1. The molecule has 0 atom stereocenters. The molecule has 1 aromatic carbocycles. The number of hydrogen-bond donors (Lipinski definition) is 1. The van der Waals surface area contributed by atoms with Crippen LogP contribution in [0.3, 0.4) is 0 Å². The van der Waals surface area contributed by atoms with Crippen LogP contribution in [0.2, 0.25) is 0 Å². The average Bonchev–Trinajstić information content (AvgIpc) is 2.62. The van der Waals surface area contributed by atoms with E-state index in [1.54, 1.807) is 13.2 Å². The Morgan fingerprint density at radius 3 is 2.92 bits per heavy atom. The van der Waals surface area contributed by atoms with Crippen LogP contribution in [0, 0.1) is 12.3 Å². The van der Waals surface area contributed by atoms with Crippen molar-refractivity contribution in [2.24, 2.45) is 0 Å². The van der Waals surface area contributed by atoms with Gasteiger partial charge in [-0.05, 0) is 25.1 Å². The zero-order valence-electron chi connectivity index (χ0n) is 14.5. The Morgan fingerprint density at radius 2 is 2.20 bits per heavy atom. The van der Waals surface area contributed by atoms with Crippen molar-refractivity contribution in [3.63, 3.8) is 0 Å². The summed E-state index contributed by atoms with van der Waals surface area (Å²) in [6.45, 7) is 6.75. The second-order valence-electron chi connectivity index (χ2n) is 5.11. The molecular weight excluding hydrogens is 314 g/mol. The summed E-state index contributed by atoms with van der Waals surface area (Å²) in [7, 11) is 1.62. The molecule has 2 aromatic rings. The molecule has 5 nitrogen and oxygen atoms in total. The predicted octanol–water partition coefficient (Wildman–Crippen LogP) is 1.96. The van der Waals surface area contributed by atoms with Gasteiger partial charge in [0, 0.05) is 29.7 Å². The summed E-state index contributed by atoms with van der Waals surface area (Å²) in [5, 5.41) is 4.85. The molecule has 1 heterocycles. The summed E-state index contributed by atoms with van der Waals surface area (Å²) in [4.78, 5) is 8.64. The number of hydrogen-bond acceptors (Lipinski definition) is 5. The van der Waals surface area contributed by atoms with Gasteiger partial charge in [0.1, 0.15) is 24.5 Å². The van der Waals surface area contributed by atoms with E-state index in [0.29, 0.717) is 24.8 Å². The van der Waals surface area contributed by atoms with Gasteiger partial charge in [-0.3, -0.25) is 0 Å². The zero-order chi connectivity index (χ0) is 18.1. The average molecular weight is 335 g/mol. The lowest BCUT2D eigenvalue weighted by Gasteiger charge is -2.08. The van der Waals surface area contributed by atoms with Crippen LogP contribution in [0.15, 0.2) is 42.9 Å².